The van der Waals surface area contributed by atoms with E-state index >= 15 is 0 Å². The first kappa shape index (κ1) is 11.4. The third-order valence-electron chi connectivity index (χ3n) is 1.70. The molecule has 2 atom stereocenters. The maximum absolute atomic E-state index is 10.2. The van der Waals surface area contributed by atoms with Gasteiger partial charge in [-0.2, -0.15) is 0 Å². The van der Waals surface area contributed by atoms with Crippen LogP contribution in [-0.2, 0) is 4.79 Å². The Bertz CT molecular complexity index is 147. The van der Waals surface area contributed by atoms with Crippen molar-refractivity contribution in [2.75, 3.05) is 0 Å². The minimum Gasteiger partial charge on any atom is -0.481 e. The minimum absolute atomic E-state index is 0.180. The van der Waals surface area contributed by atoms with E-state index in [0.29, 0.717) is 5.92 Å². The van der Waals surface area contributed by atoms with Crippen LogP contribution in [0.3, 0.4) is 0 Å². The molecule has 0 rings (SSSR count). The van der Waals surface area contributed by atoms with Crippen LogP contribution in [0.25, 0.3) is 0 Å². The van der Waals surface area contributed by atoms with Crippen molar-refractivity contribution in [2.45, 2.75) is 38.8 Å². The van der Waals surface area contributed by atoms with Gasteiger partial charge in [-0.1, -0.05) is 13.8 Å². The van der Waals surface area contributed by atoms with Crippen LogP contribution >= 0.6 is 0 Å². The Hall–Kier alpha value is -0.610. The summed E-state index contributed by atoms with van der Waals surface area (Å²) in [5.74, 6) is -0.532. The second-order valence-corrected chi connectivity index (χ2v) is 3.55. The lowest BCUT2D eigenvalue weighted by molar-refractivity contribution is -0.440. The number of carboxylic acid groups (broad SMARTS) is 1. The summed E-state index contributed by atoms with van der Waals surface area (Å²) in [6.07, 6.45) is -0.264. The van der Waals surface area contributed by atoms with E-state index in [1.54, 1.807) is 0 Å². The van der Waals surface area contributed by atoms with Crippen molar-refractivity contribution in [1.82, 2.24) is 0 Å². The maximum Gasteiger partial charge on any atom is 0.306 e. The number of aliphatic hydroxyl groups is 1. The first-order valence-corrected chi connectivity index (χ1v) is 4.16. The highest BCUT2D eigenvalue weighted by molar-refractivity contribution is 5.67. The lowest BCUT2D eigenvalue weighted by Gasteiger charge is -2.15. The molecule has 0 aromatic heterocycles. The lowest BCUT2D eigenvalue weighted by atomic mass is 9.98. The summed E-state index contributed by atoms with van der Waals surface area (Å²) in [6.45, 7) is 4.04. The number of hydrogen-bond acceptors (Lipinski definition) is 2. The van der Waals surface area contributed by atoms with Gasteiger partial charge in [0.05, 0.1) is 6.42 Å². The number of aliphatic carboxylic acids is 1. The molecule has 4 nitrogen and oxygen atoms in total. The Morgan fingerprint density at radius 1 is 1.50 bits per heavy atom. The van der Waals surface area contributed by atoms with Gasteiger partial charge in [0.2, 0.25) is 0 Å². The van der Waals surface area contributed by atoms with Crippen molar-refractivity contribution in [3.8, 4) is 0 Å². The average molecular weight is 176 g/mol. The van der Waals surface area contributed by atoms with Gasteiger partial charge >= 0.3 is 5.97 Å². The molecule has 0 aliphatic rings. The molecule has 4 heteroatoms. The van der Waals surface area contributed by atoms with Crippen molar-refractivity contribution in [2.24, 2.45) is 5.92 Å². The van der Waals surface area contributed by atoms with Gasteiger partial charge < -0.3 is 15.9 Å². The monoisotopic (exact) mass is 176 g/mol. The molecule has 2 unspecified atom stereocenters. The third kappa shape index (κ3) is 5.09. The predicted octanol–water partition coefficient (Wildman–Crippen LogP) is -0.521. The third-order valence-corrected chi connectivity index (χ3v) is 1.70. The summed E-state index contributed by atoms with van der Waals surface area (Å²) >= 11 is 0. The number of rotatable bonds is 5. The minimum atomic E-state index is -0.972. The Morgan fingerprint density at radius 3 is 2.33 bits per heavy atom. The topological polar surface area (TPSA) is 85.2 Å². The Morgan fingerprint density at radius 2 is 2.00 bits per heavy atom. The quantitative estimate of drug-likeness (QED) is 0.527. The maximum atomic E-state index is 10.2. The van der Waals surface area contributed by atoms with Gasteiger partial charge in [-0.15, -0.1) is 0 Å². The molecule has 0 heterocycles. The SMILES string of the molecule is CC(C)CC([NH3+])C(O)CC(=O)O. The molecule has 0 saturated carbocycles. The fourth-order valence-electron chi connectivity index (χ4n) is 1.11. The average Bonchev–Trinajstić information content (AvgIpc) is 1.84. The molecule has 0 aliphatic heterocycles. The van der Waals surface area contributed by atoms with Crippen LogP contribution in [0, 0.1) is 5.92 Å². The fourth-order valence-corrected chi connectivity index (χ4v) is 1.11. The van der Waals surface area contributed by atoms with Gasteiger partial charge in [-0.25, -0.2) is 0 Å². The van der Waals surface area contributed by atoms with Crippen LogP contribution in [0.2, 0.25) is 0 Å². The summed E-state index contributed by atoms with van der Waals surface area (Å²) in [4.78, 5) is 10.2. The molecule has 0 aromatic rings. The predicted molar refractivity (Wildman–Crippen MR) is 44.4 cm³/mol. The number of carbonyl (C=O) groups is 1. The van der Waals surface area contributed by atoms with Crippen LogP contribution in [0.1, 0.15) is 26.7 Å². The number of quaternary nitrogens is 1. The molecular formula is C8H18NO3+. The zero-order chi connectivity index (χ0) is 9.72. The Labute approximate surface area is 72.4 Å². The molecule has 5 N–H and O–H groups in total. The molecule has 0 fully saturated rings. The van der Waals surface area contributed by atoms with E-state index in [9.17, 15) is 9.90 Å². The number of carboxylic acids is 1. The van der Waals surface area contributed by atoms with Crippen LogP contribution in [0.4, 0.5) is 0 Å². The van der Waals surface area contributed by atoms with Crippen LogP contribution < -0.4 is 5.73 Å². The molecule has 0 aromatic carbocycles. The molecule has 0 saturated heterocycles. The molecule has 0 spiro atoms. The highest BCUT2D eigenvalue weighted by Crippen LogP contribution is 2.06. The molecular weight excluding hydrogens is 158 g/mol. The van der Waals surface area contributed by atoms with Crippen LogP contribution in [0.5, 0.6) is 0 Å². The summed E-state index contributed by atoms with van der Waals surface area (Å²) < 4.78 is 0. The van der Waals surface area contributed by atoms with Crippen LogP contribution in [0.15, 0.2) is 0 Å². The molecule has 72 valence electrons. The van der Waals surface area contributed by atoms with E-state index in [2.05, 4.69) is 5.73 Å². The smallest absolute Gasteiger partial charge is 0.306 e. The van der Waals surface area contributed by atoms with Gasteiger partial charge in [0.15, 0.2) is 0 Å². The highest BCUT2D eigenvalue weighted by atomic mass is 16.4. The van der Waals surface area contributed by atoms with E-state index in [4.69, 9.17) is 5.11 Å². The van der Waals surface area contributed by atoms with Gasteiger partial charge in [0.1, 0.15) is 12.1 Å². The first-order valence-electron chi connectivity index (χ1n) is 4.16. The van der Waals surface area contributed by atoms with Crippen LogP contribution in [-0.4, -0.2) is 28.3 Å². The summed E-state index contributed by atoms with van der Waals surface area (Å²) in [7, 11) is 0. The van der Waals surface area contributed by atoms with Crippen molar-refractivity contribution >= 4 is 5.97 Å². The van der Waals surface area contributed by atoms with Crippen molar-refractivity contribution in [3.63, 3.8) is 0 Å². The van der Waals surface area contributed by atoms with E-state index in [0.717, 1.165) is 6.42 Å². The summed E-state index contributed by atoms with van der Waals surface area (Å²) in [6, 6.07) is -0.180. The van der Waals surface area contributed by atoms with Crippen molar-refractivity contribution in [1.29, 1.82) is 0 Å². The zero-order valence-corrected chi connectivity index (χ0v) is 7.66. The van der Waals surface area contributed by atoms with E-state index in [-0.39, 0.29) is 12.5 Å². The number of aliphatic hydroxyl groups excluding tert-OH is 1. The van der Waals surface area contributed by atoms with Crippen molar-refractivity contribution < 1.29 is 20.7 Å². The molecule has 0 aliphatic carbocycles. The second kappa shape index (κ2) is 5.11. The Balaban J connectivity index is 3.76. The fraction of sp³-hybridized carbons (Fsp3) is 0.875. The lowest BCUT2D eigenvalue weighted by Crippen LogP contribution is -2.66. The van der Waals surface area contributed by atoms with Gasteiger partial charge in [0.25, 0.3) is 0 Å². The molecule has 0 bridgehead atoms. The molecule has 0 amide bonds. The molecule has 0 radical (unpaired) electrons. The molecule has 12 heavy (non-hydrogen) atoms. The largest absolute Gasteiger partial charge is 0.481 e. The Kier molecular flexibility index (Phi) is 4.85. The summed E-state index contributed by atoms with van der Waals surface area (Å²) in [5.41, 5.74) is 3.72. The number of hydrogen-bond donors (Lipinski definition) is 3. The van der Waals surface area contributed by atoms with Gasteiger partial charge in [-0.3, -0.25) is 4.79 Å². The normalized spacial score (nSPS) is 16.1. The zero-order valence-electron chi connectivity index (χ0n) is 7.66. The second-order valence-electron chi connectivity index (χ2n) is 3.55. The standard InChI is InChI=1S/C8H17NO3/c1-5(2)3-6(9)7(10)4-8(11)12/h5-7,10H,3-4,9H2,1-2H3,(H,11,12)/p+1. The van der Waals surface area contributed by atoms with E-state index in [1.807, 2.05) is 13.8 Å². The van der Waals surface area contributed by atoms with E-state index < -0.39 is 12.1 Å². The van der Waals surface area contributed by atoms with E-state index in [1.165, 1.54) is 0 Å². The van der Waals surface area contributed by atoms with Gasteiger partial charge in [0, 0.05) is 6.42 Å². The van der Waals surface area contributed by atoms with Crippen molar-refractivity contribution in [3.05, 3.63) is 0 Å². The first-order chi connectivity index (χ1) is 5.43. The van der Waals surface area contributed by atoms with Gasteiger partial charge in [-0.05, 0) is 5.92 Å². The summed E-state index contributed by atoms with van der Waals surface area (Å²) in [5, 5.41) is 17.7. The highest BCUT2D eigenvalue weighted by Gasteiger charge is 2.21.